The lowest BCUT2D eigenvalue weighted by molar-refractivity contribution is -0.146. The number of nitrogens with zero attached hydrogens (tertiary/aromatic N) is 8. The molecule has 0 aliphatic carbocycles. The summed E-state index contributed by atoms with van der Waals surface area (Å²) < 4.78 is 42.7. The van der Waals surface area contributed by atoms with Gasteiger partial charge in [0, 0.05) is 19.8 Å². The van der Waals surface area contributed by atoms with Gasteiger partial charge in [0.15, 0.2) is 17.3 Å². The third-order valence-electron chi connectivity index (χ3n) is 4.78. The van der Waals surface area contributed by atoms with Gasteiger partial charge in [0.25, 0.3) is 0 Å². The maximum absolute atomic E-state index is 13.2. The second kappa shape index (κ2) is 6.57. The van der Waals surface area contributed by atoms with Crippen LogP contribution in [0.15, 0.2) is 6.20 Å². The molecule has 1 aliphatic rings. The van der Waals surface area contributed by atoms with E-state index in [1.165, 1.54) is 9.58 Å². The summed E-state index contributed by atoms with van der Waals surface area (Å²) in [6.07, 6.45) is 1.24. The Bertz CT molecular complexity index is 1010. The molecule has 4 rings (SSSR count). The number of alkyl halides is 3. The van der Waals surface area contributed by atoms with Crippen molar-refractivity contribution in [2.45, 2.75) is 38.9 Å². The van der Waals surface area contributed by atoms with E-state index in [1.807, 2.05) is 13.8 Å². The van der Waals surface area contributed by atoms with E-state index in [0.29, 0.717) is 23.7 Å². The van der Waals surface area contributed by atoms with Gasteiger partial charge in [-0.3, -0.25) is 4.98 Å². The molecule has 0 unspecified atom stereocenters. The number of rotatable bonds is 3. The molecule has 0 N–H and O–H groups in total. The second-order valence-corrected chi connectivity index (χ2v) is 6.81. The molecular weight excluding hydrogens is 373 g/mol. The average molecular weight is 392 g/mol. The van der Waals surface area contributed by atoms with E-state index in [0.717, 1.165) is 11.4 Å². The van der Waals surface area contributed by atoms with Crippen molar-refractivity contribution in [3.8, 4) is 0 Å². The van der Waals surface area contributed by atoms with E-state index in [2.05, 4.69) is 25.1 Å². The second-order valence-electron chi connectivity index (χ2n) is 6.81. The zero-order chi connectivity index (χ0) is 20.1. The highest BCUT2D eigenvalue weighted by molar-refractivity contribution is 5.65. The van der Waals surface area contributed by atoms with Crippen LogP contribution >= 0.6 is 0 Å². The van der Waals surface area contributed by atoms with Crippen LogP contribution in [0.3, 0.4) is 0 Å². The summed E-state index contributed by atoms with van der Waals surface area (Å²) in [5.74, 6) is 0.965. The van der Waals surface area contributed by atoms with Crippen molar-refractivity contribution >= 4 is 23.7 Å². The smallest absolute Gasteiger partial charge is 0.327 e. The van der Waals surface area contributed by atoms with E-state index in [1.54, 1.807) is 29.9 Å². The Hall–Kier alpha value is -2.98. The number of hydrogen-bond acceptors (Lipinski definition) is 6. The van der Waals surface area contributed by atoms with E-state index >= 15 is 0 Å². The van der Waals surface area contributed by atoms with Gasteiger partial charge in [0.2, 0.25) is 5.95 Å². The topological polar surface area (TPSA) is 77.0 Å². The van der Waals surface area contributed by atoms with Crippen molar-refractivity contribution in [2.75, 3.05) is 11.4 Å². The van der Waals surface area contributed by atoms with Crippen LogP contribution in [0.2, 0.25) is 0 Å². The highest BCUT2D eigenvalue weighted by Gasteiger charge is 2.47. The van der Waals surface area contributed by atoms with Gasteiger partial charge < -0.3 is 4.90 Å². The van der Waals surface area contributed by atoms with Crippen LogP contribution in [-0.2, 0) is 7.05 Å². The van der Waals surface area contributed by atoms with Gasteiger partial charge in [-0.25, -0.2) is 14.2 Å². The molecule has 3 aromatic heterocycles. The Morgan fingerprint density at radius 2 is 1.93 bits per heavy atom. The Labute approximate surface area is 158 Å². The van der Waals surface area contributed by atoms with Gasteiger partial charge in [-0.2, -0.15) is 18.2 Å². The molecule has 11 heteroatoms. The molecule has 1 fully saturated rings. The van der Waals surface area contributed by atoms with Crippen LogP contribution < -0.4 is 4.90 Å². The first kappa shape index (κ1) is 18.4. The fraction of sp³-hybridized carbons (Fsp3) is 0.471. The fourth-order valence-corrected chi connectivity index (χ4v) is 3.33. The van der Waals surface area contributed by atoms with Crippen LogP contribution in [0, 0.1) is 13.8 Å². The van der Waals surface area contributed by atoms with Crippen molar-refractivity contribution in [1.82, 2.24) is 34.3 Å². The molecule has 4 heterocycles. The summed E-state index contributed by atoms with van der Waals surface area (Å²) >= 11 is 0. The Balaban J connectivity index is 1.61. The first-order valence-electron chi connectivity index (χ1n) is 8.85. The van der Waals surface area contributed by atoms with E-state index in [4.69, 9.17) is 0 Å². The summed E-state index contributed by atoms with van der Waals surface area (Å²) in [5, 5.41) is 8.57. The summed E-state index contributed by atoms with van der Waals surface area (Å²) in [6, 6.07) is -1.54. The monoisotopic (exact) mass is 392 g/mol. The van der Waals surface area contributed by atoms with Gasteiger partial charge in [-0.05, 0) is 38.8 Å². The first-order valence-corrected chi connectivity index (χ1v) is 8.85. The SMILES string of the molecule is Cc1ncc(C)n2nc(/C=C/c3nc(N4CCC[C@@H]4C(F)(F)F)nn3C)nc12. The molecule has 1 saturated heterocycles. The Kier molecular flexibility index (Phi) is 4.31. The number of anilines is 1. The van der Waals surface area contributed by atoms with Crippen LogP contribution in [-0.4, -0.2) is 53.1 Å². The van der Waals surface area contributed by atoms with Crippen molar-refractivity contribution < 1.29 is 13.2 Å². The van der Waals surface area contributed by atoms with Gasteiger partial charge in [-0.15, -0.1) is 10.2 Å². The molecule has 0 radical (unpaired) electrons. The maximum Gasteiger partial charge on any atom is 0.408 e. The molecule has 1 atom stereocenters. The maximum atomic E-state index is 13.2. The summed E-state index contributed by atoms with van der Waals surface area (Å²) in [4.78, 5) is 14.2. The summed E-state index contributed by atoms with van der Waals surface area (Å²) in [7, 11) is 1.64. The molecule has 8 nitrogen and oxygen atoms in total. The molecular formula is C17H19F3N8. The third-order valence-corrected chi connectivity index (χ3v) is 4.78. The largest absolute Gasteiger partial charge is 0.408 e. The number of aryl methyl sites for hydroxylation is 3. The Morgan fingerprint density at radius 1 is 1.14 bits per heavy atom. The highest BCUT2D eigenvalue weighted by atomic mass is 19.4. The summed E-state index contributed by atoms with van der Waals surface area (Å²) in [6.45, 7) is 4.01. The van der Waals surface area contributed by atoms with Crippen molar-refractivity contribution in [1.29, 1.82) is 0 Å². The lowest BCUT2D eigenvalue weighted by atomic mass is 10.2. The van der Waals surface area contributed by atoms with E-state index < -0.39 is 12.2 Å². The molecule has 28 heavy (non-hydrogen) atoms. The van der Waals surface area contributed by atoms with E-state index in [-0.39, 0.29) is 18.9 Å². The summed E-state index contributed by atoms with van der Waals surface area (Å²) in [5.41, 5.74) is 2.26. The first-order chi connectivity index (χ1) is 13.2. The van der Waals surface area contributed by atoms with Crippen LogP contribution in [0.5, 0.6) is 0 Å². The molecule has 3 aromatic rings. The van der Waals surface area contributed by atoms with Crippen LogP contribution in [0.4, 0.5) is 19.1 Å². The lowest BCUT2D eigenvalue weighted by Gasteiger charge is -2.25. The van der Waals surface area contributed by atoms with Crippen LogP contribution in [0.25, 0.3) is 17.8 Å². The zero-order valence-electron chi connectivity index (χ0n) is 15.6. The van der Waals surface area contributed by atoms with Gasteiger partial charge in [-0.1, -0.05) is 0 Å². The lowest BCUT2D eigenvalue weighted by Crippen LogP contribution is -2.41. The molecule has 1 aliphatic heterocycles. The minimum Gasteiger partial charge on any atom is -0.327 e. The predicted molar refractivity (Wildman–Crippen MR) is 96.6 cm³/mol. The number of hydrogen-bond donors (Lipinski definition) is 0. The molecule has 0 spiro atoms. The minimum atomic E-state index is -4.30. The molecule has 148 valence electrons. The minimum absolute atomic E-state index is 0.0603. The normalized spacial score (nSPS) is 18.1. The number of aromatic nitrogens is 7. The van der Waals surface area contributed by atoms with Gasteiger partial charge in [0.05, 0.1) is 11.4 Å². The quantitative estimate of drug-likeness (QED) is 0.682. The predicted octanol–water partition coefficient (Wildman–Crippen LogP) is 2.57. The highest BCUT2D eigenvalue weighted by Crippen LogP contribution is 2.34. The van der Waals surface area contributed by atoms with Crippen molar-refractivity contribution in [3.05, 3.63) is 29.2 Å². The fourth-order valence-electron chi connectivity index (χ4n) is 3.33. The number of halogens is 3. The molecule has 0 saturated carbocycles. The zero-order valence-corrected chi connectivity index (χ0v) is 15.6. The Morgan fingerprint density at radius 3 is 2.64 bits per heavy atom. The molecule has 0 aromatic carbocycles. The van der Waals surface area contributed by atoms with Crippen molar-refractivity contribution in [3.63, 3.8) is 0 Å². The van der Waals surface area contributed by atoms with Gasteiger partial charge >= 0.3 is 6.18 Å². The van der Waals surface area contributed by atoms with Crippen molar-refractivity contribution in [2.24, 2.45) is 7.05 Å². The third kappa shape index (κ3) is 3.20. The molecule has 0 bridgehead atoms. The molecule has 0 amide bonds. The van der Waals surface area contributed by atoms with Crippen LogP contribution in [0.1, 0.15) is 35.9 Å². The standard InChI is InChI=1S/C17H19F3N8/c1-10-9-21-11(2)15-22-13(24-28(10)15)6-7-14-23-16(25-26(14)3)27-8-4-5-12(27)17(18,19)20/h6-7,9,12H,4-5,8H2,1-3H3/b7-6+/t12-/m1/s1. The number of fused-ring (bicyclic) bond motifs is 1. The van der Waals surface area contributed by atoms with Gasteiger partial charge in [0.1, 0.15) is 6.04 Å². The van der Waals surface area contributed by atoms with E-state index in [9.17, 15) is 13.2 Å². The average Bonchev–Trinajstić information content (AvgIpc) is 3.33.